The second-order valence-corrected chi connectivity index (χ2v) is 7.02. The molecule has 0 saturated heterocycles. The van der Waals surface area contributed by atoms with Gasteiger partial charge in [-0.05, 0) is 25.1 Å². The lowest BCUT2D eigenvalue weighted by molar-refractivity contribution is 0.102. The molecule has 0 spiro atoms. The molecule has 0 aliphatic carbocycles. The molecule has 0 atom stereocenters. The fraction of sp³-hybridized carbons (Fsp3) is 0.100. The molecule has 4 aromatic rings. The zero-order valence-corrected chi connectivity index (χ0v) is 14.8. The average molecular weight is 347 g/mol. The number of nitrogens with one attached hydrogen (secondary N) is 1. The first-order chi connectivity index (χ1) is 12.1. The van der Waals surface area contributed by atoms with Gasteiger partial charge in [0.2, 0.25) is 0 Å². The van der Waals surface area contributed by atoms with Crippen LogP contribution < -0.4 is 5.32 Å². The minimum atomic E-state index is -0.103. The Bertz CT molecular complexity index is 1060. The number of para-hydroxylation sites is 1. The van der Waals surface area contributed by atoms with E-state index < -0.39 is 0 Å². The molecule has 0 saturated carbocycles. The van der Waals surface area contributed by atoms with Crippen LogP contribution in [0.25, 0.3) is 22.2 Å². The van der Waals surface area contributed by atoms with Crippen LogP contribution in [0.2, 0.25) is 0 Å². The monoisotopic (exact) mass is 347 g/mol. The van der Waals surface area contributed by atoms with E-state index in [9.17, 15) is 4.79 Å². The predicted molar refractivity (Wildman–Crippen MR) is 103 cm³/mol. The van der Waals surface area contributed by atoms with Gasteiger partial charge in [0.05, 0.1) is 16.3 Å². The SMILES string of the molecule is Cc1nc(-c2ccc(NC(=O)c3cn(C)c4ccccc34)cc2)cs1. The van der Waals surface area contributed by atoms with Crippen molar-refractivity contribution in [2.75, 3.05) is 5.32 Å². The van der Waals surface area contributed by atoms with Crippen LogP contribution in [-0.4, -0.2) is 15.5 Å². The molecule has 2 aromatic carbocycles. The maximum atomic E-state index is 12.7. The topological polar surface area (TPSA) is 46.9 Å². The fourth-order valence-corrected chi connectivity index (χ4v) is 3.56. The molecular weight excluding hydrogens is 330 g/mol. The van der Waals surface area contributed by atoms with Crippen LogP contribution in [0.1, 0.15) is 15.4 Å². The second kappa shape index (κ2) is 6.18. The van der Waals surface area contributed by atoms with Crippen molar-refractivity contribution >= 4 is 33.8 Å². The Kier molecular flexibility index (Phi) is 3.86. The number of thiazole rings is 1. The van der Waals surface area contributed by atoms with Crippen molar-refractivity contribution in [3.8, 4) is 11.3 Å². The number of aryl methyl sites for hydroxylation is 2. The first-order valence-corrected chi connectivity index (χ1v) is 8.88. The molecule has 25 heavy (non-hydrogen) atoms. The van der Waals surface area contributed by atoms with Gasteiger partial charge in [0.15, 0.2) is 0 Å². The Balaban J connectivity index is 1.58. The van der Waals surface area contributed by atoms with E-state index in [2.05, 4.69) is 10.3 Å². The van der Waals surface area contributed by atoms with Crippen molar-refractivity contribution in [2.45, 2.75) is 6.92 Å². The summed E-state index contributed by atoms with van der Waals surface area (Å²) in [5.41, 5.74) is 4.51. The van der Waals surface area contributed by atoms with E-state index in [1.54, 1.807) is 11.3 Å². The number of carbonyl (C=O) groups excluding carboxylic acids is 1. The Morgan fingerprint density at radius 3 is 2.60 bits per heavy atom. The van der Waals surface area contributed by atoms with Gasteiger partial charge in [-0.2, -0.15) is 0 Å². The molecule has 0 fully saturated rings. The highest BCUT2D eigenvalue weighted by Gasteiger charge is 2.13. The van der Waals surface area contributed by atoms with Gasteiger partial charge in [-0.1, -0.05) is 30.3 Å². The molecule has 124 valence electrons. The van der Waals surface area contributed by atoms with Crippen LogP contribution >= 0.6 is 11.3 Å². The summed E-state index contributed by atoms with van der Waals surface area (Å²) in [5, 5.41) is 7.02. The van der Waals surface area contributed by atoms with E-state index in [1.165, 1.54) is 0 Å². The van der Waals surface area contributed by atoms with Gasteiger partial charge in [-0.15, -0.1) is 11.3 Å². The van der Waals surface area contributed by atoms with Gasteiger partial charge in [0.1, 0.15) is 0 Å². The molecule has 1 amide bonds. The lowest BCUT2D eigenvalue weighted by atomic mass is 10.1. The molecule has 0 radical (unpaired) electrons. The summed E-state index contributed by atoms with van der Waals surface area (Å²) in [7, 11) is 1.95. The summed E-state index contributed by atoms with van der Waals surface area (Å²) in [6.45, 7) is 1.99. The van der Waals surface area contributed by atoms with Crippen LogP contribution in [0.4, 0.5) is 5.69 Å². The zero-order valence-electron chi connectivity index (χ0n) is 14.0. The third kappa shape index (κ3) is 2.94. The van der Waals surface area contributed by atoms with Gasteiger partial charge in [-0.25, -0.2) is 4.98 Å². The highest BCUT2D eigenvalue weighted by atomic mass is 32.1. The van der Waals surface area contributed by atoms with Crippen molar-refractivity contribution in [1.82, 2.24) is 9.55 Å². The molecule has 4 rings (SSSR count). The van der Waals surface area contributed by atoms with Gasteiger partial charge in [-0.3, -0.25) is 4.79 Å². The number of benzene rings is 2. The van der Waals surface area contributed by atoms with Gasteiger partial charge in [0, 0.05) is 40.8 Å². The van der Waals surface area contributed by atoms with E-state index in [0.717, 1.165) is 32.9 Å². The molecule has 5 heteroatoms. The summed E-state index contributed by atoms with van der Waals surface area (Å²) in [4.78, 5) is 17.1. The smallest absolute Gasteiger partial charge is 0.257 e. The molecule has 0 bridgehead atoms. The minimum absolute atomic E-state index is 0.103. The maximum absolute atomic E-state index is 12.7. The number of anilines is 1. The summed E-state index contributed by atoms with van der Waals surface area (Å²) < 4.78 is 1.97. The lowest BCUT2D eigenvalue weighted by Gasteiger charge is -2.05. The highest BCUT2D eigenvalue weighted by molar-refractivity contribution is 7.09. The van der Waals surface area contributed by atoms with E-state index >= 15 is 0 Å². The number of rotatable bonds is 3. The predicted octanol–water partition coefficient (Wildman–Crippen LogP) is 4.86. The average Bonchev–Trinajstić information content (AvgIpc) is 3.20. The van der Waals surface area contributed by atoms with Crippen molar-refractivity contribution < 1.29 is 4.79 Å². The van der Waals surface area contributed by atoms with Crippen molar-refractivity contribution in [2.24, 2.45) is 7.05 Å². The number of aromatic nitrogens is 2. The van der Waals surface area contributed by atoms with Crippen molar-refractivity contribution in [1.29, 1.82) is 0 Å². The standard InChI is InChI=1S/C20H17N3OS/c1-13-21-18(12-25-13)14-7-9-15(10-8-14)22-20(24)17-11-23(2)19-6-4-3-5-16(17)19/h3-12H,1-2H3,(H,22,24). The molecule has 0 unspecified atom stereocenters. The van der Waals surface area contributed by atoms with E-state index in [-0.39, 0.29) is 5.91 Å². The maximum Gasteiger partial charge on any atom is 0.257 e. The lowest BCUT2D eigenvalue weighted by Crippen LogP contribution is -2.11. The van der Waals surface area contributed by atoms with Crippen LogP contribution in [0.5, 0.6) is 0 Å². The first-order valence-electron chi connectivity index (χ1n) is 8.00. The van der Waals surface area contributed by atoms with E-state index in [4.69, 9.17) is 0 Å². The third-order valence-corrected chi connectivity index (χ3v) is 4.97. The largest absolute Gasteiger partial charge is 0.350 e. The molecule has 1 N–H and O–H groups in total. The van der Waals surface area contributed by atoms with Crippen LogP contribution in [0.15, 0.2) is 60.1 Å². The van der Waals surface area contributed by atoms with Crippen LogP contribution in [0, 0.1) is 6.92 Å². The number of amides is 1. The summed E-state index contributed by atoms with van der Waals surface area (Å²) in [6.07, 6.45) is 1.87. The highest BCUT2D eigenvalue weighted by Crippen LogP contribution is 2.24. The van der Waals surface area contributed by atoms with Gasteiger partial charge < -0.3 is 9.88 Å². The number of fused-ring (bicyclic) bond motifs is 1. The molecule has 2 heterocycles. The number of hydrogen-bond donors (Lipinski definition) is 1. The Labute approximate surface area is 149 Å². The van der Waals surface area contributed by atoms with Gasteiger partial charge in [0.25, 0.3) is 5.91 Å². The number of carbonyl (C=O) groups is 1. The molecule has 4 nitrogen and oxygen atoms in total. The third-order valence-electron chi connectivity index (χ3n) is 4.20. The van der Waals surface area contributed by atoms with Crippen LogP contribution in [-0.2, 0) is 7.05 Å². The van der Waals surface area contributed by atoms with Crippen LogP contribution in [0.3, 0.4) is 0 Å². The Morgan fingerprint density at radius 1 is 1.12 bits per heavy atom. The summed E-state index contributed by atoms with van der Waals surface area (Å²) in [6, 6.07) is 15.7. The summed E-state index contributed by atoms with van der Waals surface area (Å²) >= 11 is 1.63. The quantitative estimate of drug-likeness (QED) is 0.575. The zero-order chi connectivity index (χ0) is 17.4. The van der Waals surface area contributed by atoms with E-state index in [0.29, 0.717) is 5.56 Å². The molecular formula is C20H17N3OS. The Hall–Kier alpha value is -2.92. The second-order valence-electron chi connectivity index (χ2n) is 5.95. The number of hydrogen-bond acceptors (Lipinski definition) is 3. The number of nitrogens with zero attached hydrogens (tertiary/aromatic N) is 2. The van der Waals surface area contributed by atoms with Crippen molar-refractivity contribution in [3.05, 3.63) is 70.7 Å². The Morgan fingerprint density at radius 2 is 1.88 bits per heavy atom. The normalized spacial score (nSPS) is 11.0. The van der Waals surface area contributed by atoms with Gasteiger partial charge >= 0.3 is 0 Å². The fourth-order valence-electron chi connectivity index (χ4n) is 2.94. The van der Waals surface area contributed by atoms with E-state index in [1.807, 2.05) is 78.6 Å². The summed E-state index contributed by atoms with van der Waals surface area (Å²) in [5.74, 6) is -0.103. The molecule has 2 aromatic heterocycles. The first kappa shape index (κ1) is 15.6. The minimum Gasteiger partial charge on any atom is -0.350 e. The molecule has 0 aliphatic heterocycles. The van der Waals surface area contributed by atoms with Crippen molar-refractivity contribution in [3.63, 3.8) is 0 Å². The molecule has 0 aliphatic rings.